The number of thiophene rings is 1. The van der Waals surface area contributed by atoms with Crippen molar-refractivity contribution in [2.24, 2.45) is 0 Å². The molecule has 0 aliphatic rings. The van der Waals surface area contributed by atoms with Crippen molar-refractivity contribution in [2.75, 3.05) is 0 Å². The zero-order chi connectivity index (χ0) is 9.97. The summed E-state index contributed by atoms with van der Waals surface area (Å²) < 4.78 is 0. The molecule has 70 valence electrons. The van der Waals surface area contributed by atoms with Gasteiger partial charge in [0.15, 0.2) is 0 Å². The number of carbonyl (C=O) groups excluding carboxylic acids is 1. The molecule has 1 heterocycles. The van der Waals surface area contributed by atoms with Crippen molar-refractivity contribution in [1.82, 2.24) is 0 Å². The van der Waals surface area contributed by atoms with Gasteiger partial charge in [0.05, 0.1) is 10.8 Å². The third kappa shape index (κ3) is 1.67. The topological polar surface area (TPSA) is 40.1 Å². The molecule has 2 nitrogen and oxygen atoms in total. The molecule has 0 amide bonds. The first-order valence-electron chi connectivity index (χ1n) is 4.14. The molecule has 0 aliphatic heterocycles. The maximum Gasteiger partial charge on any atom is 0.0815 e. The molecule has 2 aromatic rings. The highest BCUT2D eigenvalue weighted by atomic mass is 32.1. The molecule has 0 saturated heterocycles. The van der Waals surface area contributed by atoms with Crippen LogP contribution in [0.1, 0.15) is 9.67 Å². The molecule has 0 unspecified atom stereocenters. The van der Waals surface area contributed by atoms with Gasteiger partial charge in [0.2, 0.25) is 0 Å². The molecule has 0 spiro atoms. The van der Waals surface area contributed by atoms with Gasteiger partial charge in [0.1, 0.15) is 0 Å². The van der Waals surface area contributed by atoms with E-state index in [1.807, 2.05) is 30.3 Å². The van der Waals surface area contributed by atoms with E-state index in [9.17, 15) is 9.90 Å². The first-order valence-corrected chi connectivity index (χ1v) is 4.95. The van der Waals surface area contributed by atoms with Crippen LogP contribution in [0.4, 0.5) is 0 Å². The summed E-state index contributed by atoms with van der Waals surface area (Å²) in [7, 11) is 0. The zero-order valence-corrected chi connectivity index (χ0v) is 8.08. The Morgan fingerprint density at radius 3 is 2.36 bits per heavy atom. The first kappa shape index (κ1) is 8.97. The summed E-state index contributed by atoms with van der Waals surface area (Å²) in [6.07, 6.45) is 0. The van der Waals surface area contributed by atoms with Crippen molar-refractivity contribution in [3.63, 3.8) is 0 Å². The van der Waals surface area contributed by atoms with E-state index in [-0.39, 0.29) is 4.88 Å². The number of carboxylic acid groups (broad SMARTS) is 1. The van der Waals surface area contributed by atoms with Crippen LogP contribution in [0.5, 0.6) is 0 Å². The van der Waals surface area contributed by atoms with E-state index in [1.165, 1.54) is 11.3 Å². The molecular formula is C11H7O2S-. The highest BCUT2D eigenvalue weighted by Crippen LogP contribution is 2.27. The molecular weight excluding hydrogens is 196 g/mol. The number of hydrogen-bond donors (Lipinski definition) is 0. The Bertz CT molecular complexity index is 445. The average molecular weight is 203 g/mol. The van der Waals surface area contributed by atoms with Crippen LogP contribution < -0.4 is 5.11 Å². The maximum atomic E-state index is 10.5. The van der Waals surface area contributed by atoms with E-state index >= 15 is 0 Å². The fourth-order valence-corrected chi connectivity index (χ4v) is 2.05. The van der Waals surface area contributed by atoms with E-state index in [1.54, 1.807) is 12.1 Å². The summed E-state index contributed by atoms with van der Waals surface area (Å²) >= 11 is 1.23. The van der Waals surface area contributed by atoms with Crippen molar-refractivity contribution in [3.05, 3.63) is 47.3 Å². The minimum atomic E-state index is -1.11. The standard InChI is InChI=1S/C11H8O2S/c12-11(13)10-7-6-9(14-10)8-4-2-1-3-5-8/h1-7H,(H,12,13)/p-1. The fourth-order valence-electron chi connectivity index (χ4n) is 1.21. The van der Waals surface area contributed by atoms with Crippen molar-refractivity contribution in [3.8, 4) is 10.4 Å². The molecule has 0 saturated carbocycles. The Balaban J connectivity index is 2.39. The molecule has 3 heteroatoms. The summed E-state index contributed by atoms with van der Waals surface area (Å²) in [5.41, 5.74) is 1.03. The third-order valence-corrected chi connectivity index (χ3v) is 2.98. The SMILES string of the molecule is O=C([O-])c1ccc(-c2ccccc2)s1. The Hall–Kier alpha value is -1.61. The van der Waals surface area contributed by atoms with Crippen LogP contribution in [-0.2, 0) is 0 Å². The number of carboxylic acids is 1. The summed E-state index contributed by atoms with van der Waals surface area (Å²) in [6, 6.07) is 13.0. The predicted molar refractivity (Wildman–Crippen MR) is 54.1 cm³/mol. The second-order valence-electron chi connectivity index (χ2n) is 2.82. The van der Waals surface area contributed by atoms with E-state index in [4.69, 9.17) is 0 Å². The van der Waals surface area contributed by atoms with E-state index < -0.39 is 5.97 Å². The molecule has 0 fully saturated rings. The molecule has 14 heavy (non-hydrogen) atoms. The number of rotatable bonds is 2. The number of carbonyl (C=O) groups is 1. The molecule has 1 aromatic heterocycles. The van der Waals surface area contributed by atoms with Gasteiger partial charge in [0, 0.05) is 4.88 Å². The van der Waals surface area contributed by atoms with Crippen LogP contribution in [0.2, 0.25) is 0 Å². The number of benzene rings is 1. The van der Waals surface area contributed by atoms with Crippen molar-refractivity contribution >= 4 is 17.3 Å². The summed E-state index contributed by atoms with van der Waals surface area (Å²) in [5, 5.41) is 10.5. The zero-order valence-electron chi connectivity index (χ0n) is 7.27. The summed E-state index contributed by atoms with van der Waals surface area (Å²) in [4.78, 5) is 11.8. The molecule has 1 aromatic carbocycles. The lowest BCUT2D eigenvalue weighted by atomic mass is 10.2. The van der Waals surface area contributed by atoms with Crippen LogP contribution in [-0.4, -0.2) is 5.97 Å². The Morgan fingerprint density at radius 2 is 1.79 bits per heavy atom. The molecule has 0 bridgehead atoms. The second-order valence-corrected chi connectivity index (χ2v) is 3.90. The Kier molecular flexibility index (Phi) is 2.33. The fraction of sp³-hybridized carbons (Fsp3) is 0. The first-order chi connectivity index (χ1) is 6.77. The lowest BCUT2D eigenvalue weighted by Gasteiger charge is -1.96. The monoisotopic (exact) mass is 203 g/mol. The third-order valence-electron chi connectivity index (χ3n) is 1.87. The summed E-state index contributed by atoms with van der Waals surface area (Å²) in [5.74, 6) is -1.11. The van der Waals surface area contributed by atoms with Gasteiger partial charge in [-0.3, -0.25) is 0 Å². The highest BCUT2D eigenvalue weighted by Gasteiger charge is 2.01. The van der Waals surface area contributed by atoms with Crippen LogP contribution >= 0.6 is 11.3 Å². The lowest BCUT2D eigenvalue weighted by Crippen LogP contribution is -2.20. The summed E-state index contributed by atoms with van der Waals surface area (Å²) in [6.45, 7) is 0. The Morgan fingerprint density at radius 1 is 1.07 bits per heavy atom. The van der Waals surface area contributed by atoms with Crippen molar-refractivity contribution in [1.29, 1.82) is 0 Å². The van der Waals surface area contributed by atoms with Crippen molar-refractivity contribution in [2.45, 2.75) is 0 Å². The van der Waals surface area contributed by atoms with E-state index in [0.29, 0.717) is 0 Å². The minimum Gasteiger partial charge on any atom is -0.544 e. The van der Waals surface area contributed by atoms with Gasteiger partial charge >= 0.3 is 0 Å². The molecule has 0 aliphatic carbocycles. The maximum absolute atomic E-state index is 10.5. The van der Waals surface area contributed by atoms with Crippen LogP contribution in [0.3, 0.4) is 0 Å². The van der Waals surface area contributed by atoms with E-state index in [2.05, 4.69) is 0 Å². The number of aromatic carboxylic acids is 1. The number of hydrogen-bond acceptors (Lipinski definition) is 3. The second kappa shape index (κ2) is 3.64. The molecule has 0 radical (unpaired) electrons. The van der Waals surface area contributed by atoms with Gasteiger partial charge in [-0.05, 0) is 17.7 Å². The van der Waals surface area contributed by atoms with Crippen molar-refractivity contribution < 1.29 is 9.90 Å². The quantitative estimate of drug-likeness (QED) is 0.746. The van der Waals surface area contributed by atoms with Gasteiger partial charge < -0.3 is 9.90 Å². The highest BCUT2D eigenvalue weighted by molar-refractivity contribution is 7.17. The molecule has 2 rings (SSSR count). The van der Waals surface area contributed by atoms with Gasteiger partial charge in [-0.15, -0.1) is 11.3 Å². The van der Waals surface area contributed by atoms with Gasteiger partial charge in [0.25, 0.3) is 0 Å². The normalized spacial score (nSPS) is 10.0. The lowest BCUT2D eigenvalue weighted by molar-refractivity contribution is -0.254. The molecule has 0 N–H and O–H groups in total. The van der Waals surface area contributed by atoms with Gasteiger partial charge in [-0.2, -0.15) is 0 Å². The smallest absolute Gasteiger partial charge is 0.0815 e. The molecule has 0 atom stereocenters. The Labute approximate surface area is 85.4 Å². The van der Waals surface area contributed by atoms with Gasteiger partial charge in [-0.25, -0.2) is 0 Å². The largest absolute Gasteiger partial charge is 0.544 e. The average Bonchev–Trinajstić information content (AvgIpc) is 2.68. The van der Waals surface area contributed by atoms with Crippen LogP contribution in [0.25, 0.3) is 10.4 Å². The van der Waals surface area contributed by atoms with E-state index in [0.717, 1.165) is 10.4 Å². The van der Waals surface area contributed by atoms with Crippen LogP contribution in [0, 0.1) is 0 Å². The van der Waals surface area contributed by atoms with Gasteiger partial charge in [-0.1, -0.05) is 30.3 Å². The predicted octanol–water partition coefficient (Wildman–Crippen LogP) is 1.78. The van der Waals surface area contributed by atoms with Crippen LogP contribution in [0.15, 0.2) is 42.5 Å². The minimum absolute atomic E-state index is 0.267.